The van der Waals surface area contributed by atoms with E-state index < -0.39 is 15.8 Å². The van der Waals surface area contributed by atoms with Crippen LogP contribution in [0.5, 0.6) is 0 Å². The molecule has 0 saturated heterocycles. The number of nitrogens with two attached hydrogens (primary N) is 1. The first-order valence-electron chi connectivity index (χ1n) is 6.34. The van der Waals surface area contributed by atoms with E-state index in [1.165, 1.54) is 0 Å². The molecule has 0 radical (unpaired) electrons. The van der Waals surface area contributed by atoms with E-state index in [0.717, 1.165) is 23.8 Å². The quantitative estimate of drug-likeness (QED) is 0.783. The Morgan fingerprint density at radius 1 is 1.48 bits per heavy atom. The predicted octanol–water partition coefficient (Wildman–Crippen LogP) is 1.69. The van der Waals surface area contributed by atoms with Crippen molar-refractivity contribution in [3.8, 4) is 0 Å². The van der Waals surface area contributed by atoms with E-state index in [9.17, 15) is 17.6 Å². The Hall–Kier alpha value is -1.73. The van der Waals surface area contributed by atoms with Crippen molar-refractivity contribution >= 4 is 15.9 Å². The number of carbonyl (C=O) groups excluding carboxylic acids is 1. The Bertz CT molecular complexity index is 656. The Labute approximate surface area is 124 Å². The zero-order chi connectivity index (χ0) is 16.2. The predicted molar refractivity (Wildman–Crippen MR) is 78.2 cm³/mol. The molecule has 1 rings (SSSR count). The molecule has 1 amide bonds. The van der Waals surface area contributed by atoms with Crippen LogP contribution in [0.2, 0.25) is 0 Å². The van der Waals surface area contributed by atoms with Crippen LogP contribution in [0, 0.1) is 11.7 Å². The Kier molecular flexibility index (Phi) is 5.62. The normalized spacial score (nSPS) is 12.8. The van der Waals surface area contributed by atoms with E-state index in [1.807, 2.05) is 6.92 Å². The second-order valence-electron chi connectivity index (χ2n) is 5.08. The second kappa shape index (κ2) is 6.82. The van der Waals surface area contributed by atoms with Crippen molar-refractivity contribution in [1.82, 2.24) is 5.32 Å². The number of rotatable bonds is 6. The highest BCUT2D eigenvalue weighted by Gasteiger charge is 2.15. The number of sulfonamides is 1. The number of carbonyl (C=O) groups is 1. The largest absolute Gasteiger partial charge is 0.352 e. The van der Waals surface area contributed by atoms with Crippen LogP contribution in [-0.4, -0.2) is 14.3 Å². The van der Waals surface area contributed by atoms with Gasteiger partial charge in [0, 0.05) is 18.0 Å². The van der Waals surface area contributed by atoms with Gasteiger partial charge in [-0.3, -0.25) is 4.79 Å². The molecule has 3 N–H and O–H groups in total. The first-order valence-corrected chi connectivity index (χ1v) is 7.89. The molecule has 0 aliphatic carbocycles. The molecule has 1 atom stereocenters. The van der Waals surface area contributed by atoms with Gasteiger partial charge in [-0.2, -0.15) is 0 Å². The molecule has 1 unspecified atom stereocenters. The van der Waals surface area contributed by atoms with Crippen LogP contribution in [0.4, 0.5) is 4.39 Å². The summed E-state index contributed by atoms with van der Waals surface area (Å²) in [6.45, 7) is 7.18. The van der Waals surface area contributed by atoms with Crippen LogP contribution >= 0.6 is 0 Å². The van der Waals surface area contributed by atoms with E-state index in [1.54, 1.807) is 6.92 Å². The highest BCUT2D eigenvalue weighted by atomic mass is 32.2. The standard InChI is InChI=1S/C14H19FN2O3S/c1-9(2)6-10(3)14(18)17-8-11-7-12(21(16,19)20)4-5-13(11)15/h4-5,7,10H,1,6,8H2,2-3H3,(H,17,18)(H2,16,19,20). The number of primary sulfonamides is 1. The lowest BCUT2D eigenvalue weighted by Crippen LogP contribution is -2.29. The van der Waals surface area contributed by atoms with Crippen LogP contribution in [0.15, 0.2) is 35.2 Å². The highest BCUT2D eigenvalue weighted by molar-refractivity contribution is 7.89. The molecule has 0 fully saturated rings. The van der Waals surface area contributed by atoms with Gasteiger partial charge in [-0.05, 0) is 31.5 Å². The van der Waals surface area contributed by atoms with Crippen molar-refractivity contribution in [2.24, 2.45) is 11.1 Å². The van der Waals surface area contributed by atoms with E-state index in [-0.39, 0.29) is 28.8 Å². The Balaban J connectivity index is 2.80. The van der Waals surface area contributed by atoms with Crippen LogP contribution < -0.4 is 10.5 Å². The van der Waals surface area contributed by atoms with Crippen molar-refractivity contribution in [2.45, 2.75) is 31.7 Å². The van der Waals surface area contributed by atoms with E-state index >= 15 is 0 Å². The van der Waals surface area contributed by atoms with Gasteiger partial charge in [-0.1, -0.05) is 12.5 Å². The molecule has 0 heterocycles. The molecule has 116 valence electrons. The maximum absolute atomic E-state index is 13.6. The summed E-state index contributed by atoms with van der Waals surface area (Å²) in [5.41, 5.74) is 0.942. The van der Waals surface area contributed by atoms with Crippen molar-refractivity contribution in [2.75, 3.05) is 0 Å². The van der Waals surface area contributed by atoms with Gasteiger partial charge in [0.15, 0.2) is 0 Å². The van der Waals surface area contributed by atoms with E-state index in [4.69, 9.17) is 5.14 Å². The number of hydrogen-bond donors (Lipinski definition) is 2. The first kappa shape index (κ1) is 17.3. The third kappa shape index (κ3) is 5.28. The molecule has 0 aromatic heterocycles. The van der Waals surface area contributed by atoms with Crippen LogP contribution in [-0.2, 0) is 21.4 Å². The molecule has 21 heavy (non-hydrogen) atoms. The zero-order valence-electron chi connectivity index (χ0n) is 12.0. The Morgan fingerprint density at radius 3 is 2.62 bits per heavy atom. The summed E-state index contributed by atoms with van der Waals surface area (Å²) < 4.78 is 36.1. The third-order valence-corrected chi connectivity index (χ3v) is 3.81. The summed E-state index contributed by atoms with van der Waals surface area (Å²) in [5, 5.41) is 7.56. The van der Waals surface area contributed by atoms with Gasteiger partial charge < -0.3 is 5.32 Å². The molecule has 0 spiro atoms. The van der Waals surface area contributed by atoms with Crippen LogP contribution in [0.3, 0.4) is 0 Å². The molecule has 0 saturated carbocycles. The lowest BCUT2D eigenvalue weighted by molar-refractivity contribution is -0.124. The number of nitrogens with one attached hydrogen (secondary N) is 1. The fourth-order valence-electron chi connectivity index (χ4n) is 1.84. The summed E-state index contributed by atoms with van der Waals surface area (Å²) in [5.74, 6) is -1.14. The molecule has 0 aliphatic rings. The Morgan fingerprint density at radius 2 is 2.10 bits per heavy atom. The van der Waals surface area contributed by atoms with Gasteiger partial charge >= 0.3 is 0 Å². The van der Waals surface area contributed by atoms with Crippen molar-refractivity contribution in [3.05, 3.63) is 41.7 Å². The van der Waals surface area contributed by atoms with Gasteiger partial charge in [-0.25, -0.2) is 17.9 Å². The van der Waals surface area contributed by atoms with Gasteiger partial charge in [0.25, 0.3) is 0 Å². The van der Waals surface area contributed by atoms with Gasteiger partial charge in [0.2, 0.25) is 15.9 Å². The lowest BCUT2D eigenvalue weighted by atomic mass is 10.0. The smallest absolute Gasteiger partial charge is 0.238 e. The summed E-state index contributed by atoms with van der Waals surface area (Å²) in [6.07, 6.45) is 0.533. The fraction of sp³-hybridized carbons (Fsp3) is 0.357. The van der Waals surface area contributed by atoms with Crippen LogP contribution in [0.1, 0.15) is 25.8 Å². The minimum atomic E-state index is -3.90. The van der Waals surface area contributed by atoms with Crippen molar-refractivity contribution in [3.63, 3.8) is 0 Å². The minimum absolute atomic E-state index is 0.0670. The monoisotopic (exact) mass is 314 g/mol. The summed E-state index contributed by atoms with van der Waals surface area (Å²) in [7, 11) is -3.90. The topological polar surface area (TPSA) is 89.3 Å². The molecule has 5 nitrogen and oxygen atoms in total. The maximum atomic E-state index is 13.6. The lowest BCUT2D eigenvalue weighted by Gasteiger charge is -2.13. The van der Waals surface area contributed by atoms with Gasteiger partial charge in [0.05, 0.1) is 4.90 Å². The average Bonchev–Trinajstić information content (AvgIpc) is 2.35. The summed E-state index contributed by atoms with van der Waals surface area (Å²) >= 11 is 0. The summed E-state index contributed by atoms with van der Waals surface area (Å²) in [6, 6.07) is 3.21. The number of halogens is 1. The van der Waals surface area contributed by atoms with E-state index in [0.29, 0.717) is 6.42 Å². The number of benzene rings is 1. The van der Waals surface area contributed by atoms with Crippen LogP contribution in [0.25, 0.3) is 0 Å². The van der Waals surface area contributed by atoms with Crippen molar-refractivity contribution in [1.29, 1.82) is 0 Å². The second-order valence-corrected chi connectivity index (χ2v) is 6.64. The molecule has 1 aromatic carbocycles. The number of hydrogen-bond acceptors (Lipinski definition) is 3. The maximum Gasteiger partial charge on any atom is 0.238 e. The fourth-order valence-corrected chi connectivity index (χ4v) is 2.40. The third-order valence-electron chi connectivity index (χ3n) is 2.90. The number of allylic oxidation sites excluding steroid dienone is 1. The van der Waals surface area contributed by atoms with E-state index in [2.05, 4.69) is 11.9 Å². The minimum Gasteiger partial charge on any atom is -0.352 e. The molecule has 0 bridgehead atoms. The number of amides is 1. The molecule has 1 aromatic rings. The first-order chi connectivity index (χ1) is 9.61. The molecule has 7 heteroatoms. The SMILES string of the molecule is C=C(C)CC(C)C(=O)NCc1cc(S(N)(=O)=O)ccc1F. The average molecular weight is 314 g/mol. The zero-order valence-corrected chi connectivity index (χ0v) is 12.8. The molecular weight excluding hydrogens is 295 g/mol. The highest BCUT2D eigenvalue weighted by Crippen LogP contribution is 2.15. The molecule has 0 aliphatic heterocycles. The van der Waals surface area contributed by atoms with Crippen molar-refractivity contribution < 1.29 is 17.6 Å². The molecular formula is C14H19FN2O3S. The van der Waals surface area contributed by atoms with Gasteiger partial charge in [-0.15, -0.1) is 6.58 Å². The van der Waals surface area contributed by atoms with Gasteiger partial charge in [0.1, 0.15) is 5.82 Å². The summed E-state index contributed by atoms with van der Waals surface area (Å²) in [4.78, 5) is 11.6.